The second kappa shape index (κ2) is 4.79. The van der Waals surface area contributed by atoms with Crippen LogP contribution in [0.4, 0.5) is 10.1 Å². The number of rotatable bonds is 2. The van der Waals surface area contributed by atoms with Gasteiger partial charge in [-0.05, 0) is 38.1 Å². The number of piperidine rings is 1. The highest BCUT2D eigenvalue weighted by Crippen LogP contribution is 2.29. The number of nitrogens with one attached hydrogen (secondary N) is 2. The van der Waals surface area contributed by atoms with Gasteiger partial charge < -0.3 is 10.6 Å². The van der Waals surface area contributed by atoms with Crippen LogP contribution in [0.1, 0.15) is 19.8 Å². The van der Waals surface area contributed by atoms with Gasteiger partial charge in [-0.3, -0.25) is 4.79 Å². The molecule has 1 aliphatic rings. The van der Waals surface area contributed by atoms with Crippen LogP contribution in [-0.2, 0) is 4.79 Å². The molecule has 17 heavy (non-hydrogen) atoms. The van der Waals surface area contributed by atoms with Crippen molar-refractivity contribution in [3.63, 3.8) is 0 Å². The second-order valence-electron chi connectivity index (χ2n) is 4.63. The normalized spacial score (nSPS) is 18.7. The zero-order valence-electron chi connectivity index (χ0n) is 9.79. The summed E-state index contributed by atoms with van der Waals surface area (Å²) in [4.78, 5) is 15.6. The molecule has 0 bridgehead atoms. The largest absolute Gasteiger partial charge is 0.324 e. The van der Waals surface area contributed by atoms with E-state index in [1.54, 1.807) is 0 Å². The fourth-order valence-corrected chi connectivity index (χ4v) is 1.94. The van der Waals surface area contributed by atoms with Gasteiger partial charge in [0.25, 0.3) is 0 Å². The van der Waals surface area contributed by atoms with E-state index >= 15 is 0 Å². The van der Waals surface area contributed by atoms with Crippen molar-refractivity contribution in [2.75, 3.05) is 18.4 Å². The first-order chi connectivity index (χ1) is 8.10. The minimum Gasteiger partial charge on any atom is -0.324 e. The molecule has 92 valence electrons. The van der Waals surface area contributed by atoms with Crippen LogP contribution in [-0.4, -0.2) is 24.0 Å². The van der Waals surface area contributed by atoms with Crippen LogP contribution >= 0.6 is 0 Å². The number of amides is 1. The molecule has 2 N–H and O–H groups in total. The zero-order chi connectivity index (χ0) is 12.3. The summed E-state index contributed by atoms with van der Waals surface area (Å²) in [6.45, 7) is 3.66. The predicted molar refractivity (Wildman–Crippen MR) is 63.0 cm³/mol. The van der Waals surface area contributed by atoms with Crippen molar-refractivity contribution in [1.29, 1.82) is 0 Å². The van der Waals surface area contributed by atoms with Gasteiger partial charge in [-0.25, -0.2) is 4.98 Å². The van der Waals surface area contributed by atoms with E-state index in [1.807, 2.05) is 6.92 Å². The minimum absolute atomic E-state index is 0.0209. The van der Waals surface area contributed by atoms with Crippen LogP contribution in [0.25, 0.3) is 0 Å². The zero-order valence-corrected chi connectivity index (χ0v) is 9.79. The quantitative estimate of drug-likeness (QED) is 0.767. The topological polar surface area (TPSA) is 54.0 Å². The van der Waals surface area contributed by atoms with Gasteiger partial charge in [-0.2, -0.15) is 4.39 Å². The van der Waals surface area contributed by atoms with Crippen molar-refractivity contribution >= 4 is 11.6 Å². The van der Waals surface area contributed by atoms with Crippen molar-refractivity contribution < 1.29 is 9.18 Å². The number of carbonyl (C=O) groups excluding carboxylic acids is 1. The molecule has 0 spiro atoms. The first-order valence-electron chi connectivity index (χ1n) is 5.74. The molecule has 0 saturated carbocycles. The molecule has 1 aliphatic heterocycles. The van der Waals surface area contributed by atoms with E-state index in [-0.39, 0.29) is 11.3 Å². The maximum absolute atomic E-state index is 12.6. The molecule has 0 radical (unpaired) electrons. The van der Waals surface area contributed by atoms with Crippen LogP contribution in [0, 0.1) is 11.4 Å². The summed E-state index contributed by atoms with van der Waals surface area (Å²) < 4.78 is 12.6. The van der Waals surface area contributed by atoms with Crippen molar-refractivity contribution in [2.45, 2.75) is 19.8 Å². The molecule has 2 heterocycles. The first-order valence-corrected chi connectivity index (χ1v) is 5.74. The highest BCUT2D eigenvalue weighted by Gasteiger charge is 2.34. The molecule has 0 atom stereocenters. The molecule has 1 aromatic heterocycles. The van der Waals surface area contributed by atoms with E-state index in [2.05, 4.69) is 15.6 Å². The SMILES string of the molecule is CC1(C(=O)Nc2ccc(F)nc2)CCNCC1. The molecular formula is C12H16FN3O. The Hall–Kier alpha value is -1.49. The van der Waals surface area contributed by atoms with E-state index in [0.717, 1.165) is 25.9 Å². The summed E-state index contributed by atoms with van der Waals surface area (Å²) in [6, 6.07) is 2.76. The van der Waals surface area contributed by atoms with E-state index in [0.29, 0.717) is 5.69 Å². The average molecular weight is 237 g/mol. The third-order valence-electron chi connectivity index (χ3n) is 3.24. The summed E-state index contributed by atoms with van der Waals surface area (Å²) in [5, 5.41) is 6.01. The Kier molecular flexibility index (Phi) is 3.38. The molecule has 4 nitrogen and oxygen atoms in total. The van der Waals surface area contributed by atoms with Gasteiger partial charge in [0.1, 0.15) is 0 Å². The molecule has 1 saturated heterocycles. The Labute approximate surface area is 99.6 Å². The fraction of sp³-hybridized carbons (Fsp3) is 0.500. The molecule has 2 rings (SSSR count). The maximum Gasteiger partial charge on any atom is 0.230 e. The lowest BCUT2D eigenvalue weighted by Crippen LogP contribution is -2.42. The third kappa shape index (κ3) is 2.79. The third-order valence-corrected chi connectivity index (χ3v) is 3.24. The Bertz CT molecular complexity index is 399. The van der Waals surface area contributed by atoms with Gasteiger partial charge in [-0.15, -0.1) is 0 Å². The maximum atomic E-state index is 12.6. The summed E-state index contributed by atoms with van der Waals surface area (Å²) in [5.74, 6) is -0.566. The van der Waals surface area contributed by atoms with Crippen LogP contribution < -0.4 is 10.6 Å². The monoisotopic (exact) mass is 237 g/mol. The molecule has 0 aromatic carbocycles. The Morgan fingerprint density at radius 3 is 2.76 bits per heavy atom. The van der Waals surface area contributed by atoms with E-state index in [4.69, 9.17) is 0 Å². The van der Waals surface area contributed by atoms with Crippen molar-refractivity contribution in [2.24, 2.45) is 5.41 Å². The average Bonchev–Trinajstić information content (AvgIpc) is 2.33. The van der Waals surface area contributed by atoms with E-state index in [9.17, 15) is 9.18 Å². The number of nitrogens with zero attached hydrogens (tertiary/aromatic N) is 1. The fourth-order valence-electron chi connectivity index (χ4n) is 1.94. The van der Waals surface area contributed by atoms with Crippen LogP contribution in [0.5, 0.6) is 0 Å². The highest BCUT2D eigenvalue weighted by atomic mass is 19.1. The highest BCUT2D eigenvalue weighted by molar-refractivity contribution is 5.94. The van der Waals surface area contributed by atoms with Crippen molar-refractivity contribution in [1.82, 2.24) is 10.3 Å². The van der Waals surface area contributed by atoms with Crippen LogP contribution in [0.2, 0.25) is 0 Å². The Morgan fingerprint density at radius 1 is 1.47 bits per heavy atom. The number of halogens is 1. The number of hydrogen-bond donors (Lipinski definition) is 2. The van der Waals surface area contributed by atoms with Gasteiger partial charge >= 0.3 is 0 Å². The number of anilines is 1. The second-order valence-corrected chi connectivity index (χ2v) is 4.63. The molecule has 1 aromatic rings. The summed E-state index contributed by atoms with van der Waals surface area (Å²) >= 11 is 0. The van der Waals surface area contributed by atoms with Crippen LogP contribution in [0.15, 0.2) is 18.3 Å². The van der Waals surface area contributed by atoms with E-state index in [1.165, 1.54) is 18.3 Å². The number of hydrogen-bond acceptors (Lipinski definition) is 3. The molecular weight excluding hydrogens is 221 g/mol. The van der Waals surface area contributed by atoms with Gasteiger partial charge in [0, 0.05) is 5.41 Å². The summed E-state index contributed by atoms with van der Waals surface area (Å²) in [6.07, 6.45) is 2.96. The van der Waals surface area contributed by atoms with Crippen LogP contribution in [0.3, 0.4) is 0 Å². The van der Waals surface area contributed by atoms with Gasteiger partial charge in [-0.1, -0.05) is 6.92 Å². The first kappa shape index (κ1) is 12.0. The van der Waals surface area contributed by atoms with Gasteiger partial charge in [0.05, 0.1) is 11.9 Å². The minimum atomic E-state index is -0.545. The Balaban J connectivity index is 2.03. The number of pyridine rings is 1. The summed E-state index contributed by atoms with van der Waals surface area (Å²) in [7, 11) is 0. The molecule has 1 amide bonds. The smallest absolute Gasteiger partial charge is 0.230 e. The Morgan fingerprint density at radius 2 is 2.18 bits per heavy atom. The molecule has 0 unspecified atom stereocenters. The lowest BCUT2D eigenvalue weighted by atomic mass is 9.80. The lowest BCUT2D eigenvalue weighted by molar-refractivity contribution is -0.126. The molecule has 1 fully saturated rings. The van der Waals surface area contributed by atoms with Gasteiger partial charge in [0.2, 0.25) is 11.9 Å². The lowest BCUT2D eigenvalue weighted by Gasteiger charge is -2.32. The van der Waals surface area contributed by atoms with E-state index < -0.39 is 5.95 Å². The van der Waals surface area contributed by atoms with Crippen molar-refractivity contribution in [3.05, 3.63) is 24.3 Å². The molecule has 0 aliphatic carbocycles. The van der Waals surface area contributed by atoms with Crippen molar-refractivity contribution in [3.8, 4) is 0 Å². The standard InChI is InChI=1S/C12H16FN3O/c1-12(4-6-14-7-5-12)11(17)16-9-2-3-10(13)15-8-9/h2-3,8,14H,4-7H2,1H3,(H,16,17). The number of carbonyl (C=O) groups is 1. The summed E-state index contributed by atoms with van der Waals surface area (Å²) in [5.41, 5.74) is 0.191. The predicted octanol–water partition coefficient (Wildman–Crippen LogP) is 1.55. The number of aromatic nitrogens is 1. The van der Waals surface area contributed by atoms with Gasteiger partial charge in [0.15, 0.2) is 0 Å². The molecule has 5 heteroatoms.